The van der Waals surface area contributed by atoms with E-state index in [0.29, 0.717) is 29.8 Å². The number of likely N-dealkylation sites (tertiary alicyclic amines) is 1. The predicted molar refractivity (Wildman–Crippen MR) is 95.6 cm³/mol. The van der Waals surface area contributed by atoms with E-state index in [2.05, 4.69) is 5.32 Å². The summed E-state index contributed by atoms with van der Waals surface area (Å²) in [5.74, 6) is -0.406. The Bertz CT molecular complexity index is 802. The van der Waals surface area contributed by atoms with E-state index in [1.807, 2.05) is 18.2 Å². The van der Waals surface area contributed by atoms with Crippen molar-refractivity contribution >= 4 is 23.3 Å². The molecule has 2 aromatic rings. The number of ketones is 1. The van der Waals surface area contributed by atoms with Gasteiger partial charge in [0.05, 0.1) is 0 Å². The van der Waals surface area contributed by atoms with Crippen LogP contribution in [0.2, 0.25) is 0 Å². The molecule has 2 aromatic carbocycles. The van der Waals surface area contributed by atoms with Gasteiger partial charge in [0.2, 0.25) is 5.91 Å². The Labute approximate surface area is 146 Å². The fourth-order valence-electron chi connectivity index (χ4n) is 3.07. The second-order valence-electron chi connectivity index (χ2n) is 6.15. The van der Waals surface area contributed by atoms with Gasteiger partial charge in [0.15, 0.2) is 5.78 Å². The zero-order valence-electron chi connectivity index (χ0n) is 14.1. The van der Waals surface area contributed by atoms with Crippen molar-refractivity contribution in [3.63, 3.8) is 0 Å². The molecule has 5 nitrogen and oxygen atoms in total. The zero-order chi connectivity index (χ0) is 17.8. The van der Waals surface area contributed by atoms with Crippen molar-refractivity contribution in [2.45, 2.75) is 25.8 Å². The van der Waals surface area contributed by atoms with Gasteiger partial charge in [-0.1, -0.05) is 30.3 Å². The van der Waals surface area contributed by atoms with Crippen LogP contribution >= 0.6 is 0 Å². The molecule has 0 bridgehead atoms. The Morgan fingerprint density at radius 3 is 2.44 bits per heavy atom. The molecule has 0 unspecified atom stereocenters. The summed E-state index contributed by atoms with van der Waals surface area (Å²) in [6, 6.07) is 15.3. The molecule has 1 fully saturated rings. The number of nitrogens with zero attached hydrogens (tertiary/aromatic N) is 1. The molecule has 1 heterocycles. The first-order chi connectivity index (χ1) is 12.1. The Morgan fingerprint density at radius 1 is 1.00 bits per heavy atom. The Hall–Kier alpha value is -2.95. The number of amides is 2. The van der Waals surface area contributed by atoms with Crippen LogP contribution in [0.1, 0.15) is 40.5 Å². The summed E-state index contributed by atoms with van der Waals surface area (Å²) in [7, 11) is 0. The lowest BCUT2D eigenvalue weighted by atomic mass is 10.1. The van der Waals surface area contributed by atoms with Crippen molar-refractivity contribution in [3.8, 4) is 0 Å². The van der Waals surface area contributed by atoms with Crippen molar-refractivity contribution in [2.75, 3.05) is 11.9 Å². The molecule has 0 aliphatic carbocycles. The van der Waals surface area contributed by atoms with Gasteiger partial charge in [-0.2, -0.15) is 0 Å². The van der Waals surface area contributed by atoms with E-state index in [4.69, 9.17) is 0 Å². The third kappa shape index (κ3) is 3.76. The summed E-state index contributed by atoms with van der Waals surface area (Å²) in [4.78, 5) is 38.4. The summed E-state index contributed by atoms with van der Waals surface area (Å²) >= 11 is 0. The van der Waals surface area contributed by atoms with Gasteiger partial charge < -0.3 is 10.2 Å². The van der Waals surface area contributed by atoms with Gasteiger partial charge in [0, 0.05) is 23.4 Å². The fraction of sp³-hybridized carbons (Fsp3) is 0.250. The molecule has 3 rings (SSSR count). The second-order valence-corrected chi connectivity index (χ2v) is 6.15. The van der Waals surface area contributed by atoms with Gasteiger partial charge >= 0.3 is 0 Å². The Balaban J connectivity index is 1.74. The largest absolute Gasteiger partial charge is 0.327 e. The Morgan fingerprint density at radius 2 is 1.72 bits per heavy atom. The minimum atomic E-state index is -0.492. The summed E-state index contributed by atoms with van der Waals surface area (Å²) < 4.78 is 0. The van der Waals surface area contributed by atoms with Gasteiger partial charge in [0.25, 0.3) is 5.91 Å². The number of nitrogens with one attached hydrogen (secondary N) is 1. The molecule has 1 aliphatic heterocycles. The standard InChI is InChI=1S/C20H20N2O3/c1-14(23)16-9-5-10-17(13-16)21-19(24)18-11-6-12-22(18)20(25)15-7-3-2-4-8-15/h2-5,7-10,13,18H,6,11-12H2,1H3,(H,21,24)/t18-/m0/s1. The highest BCUT2D eigenvalue weighted by Crippen LogP contribution is 2.22. The minimum Gasteiger partial charge on any atom is -0.327 e. The molecule has 0 aromatic heterocycles. The molecule has 1 aliphatic rings. The molecule has 1 saturated heterocycles. The summed E-state index contributed by atoms with van der Waals surface area (Å²) in [6.45, 7) is 2.05. The van der Waals surface area contributed by atoms with Crippen LogP contribution in [0.25, 0.3) is 0 Å². The number of hydrogen-bond acceptors (Lipinski definition) is 3. The van der Waals surface area contributed by atoms with E-state index in [1.54, 1.807) is 41.3 Å². The van der Waals surface area contributed by atoms with E-state index < -0.39 is 6.04 Å². The molecule has 1 N–H and O–H groups in total. The van der Waals surface area contributed by atoms with Gasteiger partial charge in [-0.05, 0) is 44.0 Å². The first kappa shape index (κ1) is 16.9. The van der Waals surface area contributed by atoms with Crippen molar-refractivity contribution in [1.29, 1.82) is 0 Å². The highest BCUT2D eigenvalue weighted by Gasteiger charge is 2.34. The number of hydrogen-bond donors (Lipinski definition) is 1. The number of rotatable bonds is 4. The molecular formula is C20H20N2O3. The smallest absolute Gasteiger partial charge is 0.254 e. The van der Waals surface area contributed by atoms with Crippen molar-refractivity contribution < 1.29 is 14.4 Å². The quantitative estimate of drug-likeness (QED) is 0.872. The lowest BCUT2D eigenvalue weighted by Gasteiger charge is -2.24. The van der Waals surface area contributed by atoms with E-state index in [9.17, 15) is 14.4 Å². The lowest BCUT2D eigenvalue weighted by Crippen LogP contribution is -2.43. The molecule has 0 radical (unpaired) electrons. The summed E-state index contributed by atoms with van der Waals surface area (Å²) in [5, 5.41) is 2.83. The van der Waals surface area contributed by atoms with Crippen molar-refractivity contribution in [3.05, 3.63) is 65.7 Å². The molecule has 2 amide bonds. The number of carbonyl (C=O) groups excluding carboxylic acids is 3. The molecule has 5 heteroatoms. The topological polar surface area (TPSA) is 66.5 Å². The molecule has 1 atom stereocenters. The predicted octanol–water partition coefficient (Wildman–Crippen LogP) is 3.13. The normalized spacial score (nSPS) is 16.5. The maximum atomic E-state index is 12.7. The van der Waals surface area contributed by atoms with Gasteiger partial charge in [-0.3, -0.25) is 14.4 Å². The zero-order valence-corrected chi connectivity index (χ0v) is 14.1. The maximum Gasteiger partial charge on any atom is 0.254 e. The summed E-state index contributed by atoms with van der Waals surface area (Å²) in [6.07, 6.45) is 1.43. The monoisotopic (exact) mass is 336 g/mol. The van der Waals surface area contributed by atoms with Crippen LogP contribution in [0.15, 0.2) is 54.6 Å². The molecule has 0 saturated carbocycles. The van der Waals surface area contributed by atoms with Crippen LogP contribution in [0, 0.1) is 0 Å². The highest BCUT2D eigenvalue weighted by atomic mass is 16.2. The van der Waals surface area contributed by atoms with Crippen LogP contribution in [0.3, 0.4) is 0 Å². The third-order valence-corrected chi connectivity index (χ3v) is 4.37. The average molecular weight is 336 g/mol. The highest BCUT2D eigenvalue weighted by molar-refractivity contribution is 6.02. The molecule has 128 valence electrons. The van der Waals surface area contributed by atoms with Crippen molar-refractivity contribution in [2.24, 2.45) is 0 Å². The fourth-order valence-corrected chi connectivity index (χ4v) is 3.07. The van der Waals surface area contributed by atoms with Crippen LogP contribution in [0.5, 0.6) is 0 Å². The third-order valence-electron chi connectivity index (χ3n) is 4.37. The molecule has 25 heavy (non-hydrogen) atoms. The maximum absolute atomic E-state index is 12.7. The van der Waals surface area contributed by atoms with Crippen LogP contribution in [-0.2, 0) is 4.79 Å². The van der Waals surface area contributed by atoms with E-state index in [0.717, 1.165) is 6.42 Å². The van der Waals surface area contributed by atoms with E-state index in [1.165, 1.54) is 6.92 Å². The number of benzene rings is 2. The molecule has 0 spiro atoms. The SMILES string of the molecule is CC(=O)c1cccc(NC(=O)[C@@H]2CCCN2C(=O)c2ccccc2)c1. The van der Waals surface area contributed by atoms with E-state index in [-0.39, 0.29) is 17.6 Å². The number of carbonyl (C=O) groups is 3. The first-order valence-corrected chi connectivity index (χ1v) is 8.34. The lowest BCUT2D eigenvalue weighted by molar-refractivity contribution is -0.119. The first-order valence-electron chi connectivity index (χ1n) is 8.34. The van der Waals surface area contributed by atoms with E-state index >= 15 is 0 Å². The van der Waals surface area contributed by atoms with Crippen LogP contribution in [0.4, 0.5) is 5.69 Å². The van der Waals surface area contributed by atoms with Gasteiger partial charge in [-0.15, -0.1) is 0 Å². The van der Waals surface area contributed by atoms with Crippen molar-refractivity contribution in [1.82, 2.24) is 4.90 Å². The van der Waals surface area contributed by atoms with Crippen LogP contribution in [-0.4, -0.2) is 35.1 Å². The van der Waals surface area contributed by atoms with Gasteiger partial charge in [0.1, 0.15) is 6.04 Å². The average Bonchev–Trinajstić information content (AvgIpc) is 3.12. The minimum absolute atomic E-state index is 0.0575. The van der Waals surface area contributed by atoms with Gasteiger partial charge in [-0.25, -0.2) is 0 Å². The number of Topliss-reactive ketones (excluding diaryl/α,β-unsaturated/α-hetero) is 1. The Kier molecular flexibility index (Phi) is 4.93. The second kappa shape index (κ2) is 7.30. The number of anilines is 1. The van der Waals surface area contributed by atoms with Crippen LogP contribution < -0.4 is 5.32 Å². The molecular weight excluding hydrogens is 316 g/mol. The summed E-state index contributed by atoms with van der Waals surface area (Å²) in [5.41, 5.74) is 1.69.